The summed E-state index contributed by atoms with van der Waals surface area (Å²) in [6.07, 6.45) is -2.53. The first-order valence-corrected chi connectivity index (χ1v) is 18.4. The highest BCUT2D eigenvalue weighted by Crippen LogP contribution is 2.64. The summed E-state index contributed by atoms with van der Waals surface area (Å²) < 4.78 is 87.2. The molecule has 4 aliphatic heterocycles. The van der Waals surface area contributed by atoms with E-state index in [2.05, 4.69) is 33.9 Å². The Morgan fingerprint density at radius 2 is 1.59 bits per heavy atom. The molecule has 4 heterocycles. The molecular weight excluding hydrogens is 651 g/mol. The van der Waals surface area contributed by atoms with E-state index in [4.69, 9.17) is 9.47 Å². The Labute approximate surface area is 284 Å². The number of ether oxygens (including phenoxy) is 3. The van der Waals surface area contributed by atoms with Gasteiger partial charge in [0.2, 0.25) is 0 Å². The molecule has 0 aromatic heterocycles. The highest BCUT2D eigenvalue weighted by molar-refractivity contribution is 7.92. The zero-order valence-corrected chi connectivity index (χ0v) is 27.9. The third kappa shape index (κ3) is 5.43. The Hall–Kier alpha value is -3.86. The molecule has 0 N–H and O–H groups in total. The van der Waals surface area contributed by atoms with Gasteiger partial charge in [-0.25, -0.2) is 8.42 Å². The molecule has 4 aromatic rings. The minimum atomic E-state index is -4.83. The molecule has 49 heavy (non-hydrogen) atoms. The maximum absolute atomic E-state index is 14.6. The van der Waals surface area contributed by atoms with E-state index in [1.807, 2.05) is 49.4 Å². The Morgan fingerprint density at radius 1 is 0.918 bits per heavy atom. The monoisotopic (exact) mass is 689 g/mol. The summed E-state index contributed by atoms with van der Waals surface area (Å²) in [5, 5.41) is -0.696. The van der Waals surface area contributed by atoms with Crippen LogP contribution in [0.3, 0.4) is 0 Å². The lowest BCUT2D eigenvalue weighted by molar-refractivity contribution is -0.274. The first-order valence-electron chi connectivity index (χ1n) is 16.9. The number of nitrogens with zero attached hydrogens (tertiary/aromatic N) is 1. The summed E-state index contributed by atoms with van der Waals surface area (Å²) in [5.41, 5.74) is 1.70. The minimum absolute atomic E-state index is 0.183. The second-order valence-electron chi connectivity index (χ2n) is 13.9. The summed E-state index contributed by atoms with van der Waals surface area (Å²) in [6, 6.07) is 31.4. The average molecular weight is 690 g/mol. The summed E-state index contributed by atoms with van der Waals surface area (Å²) >= 11 is 0. The van der Waals surface area contributed by atoms with Crippen LogP contribution in [0.15, 0.2) is 108 Å². The van der Waals surface area contributed by atoms with Gasteiger partial charge in [0.15, 0.2) is 9.84 Å². The van der Waals surface area contributed by atoms with Gasteiger partial charge >= 0.3 is 6.36 Å². The zero-order chi connectivity index (χ0) is 34.0. The maximum atomic E-state index is 14.6. The summed E-state index contributed by atoms with van der Waals surface area (Å²) in [6.45, 7) is 2.68. The van der Waals surface area contributed by atoms with E-state index in [1.165, 1.54) is 12.1 Å². The van der Waals surface area contributed by atoms with Crippen molar-refractivity contribution in [3.63, 3.8) is 0 Å². The highest BCUT2D eigenvalue weighted by Gasteiger charge is 2.70. The Balaban J connectivity index is 1.27. The van der Waals surface area contributed by atoms with Crippen LogP contribution in [-0.4, -0.2) is 49.3 Å². The van der Waals surface area contributed by atoms with Gasteiger partial charge in [-0.15, -0.1) is 13.2 Å². The Morgan fingerprint density at radius 3 is 2.29 bits per heavy atom. The number of benzene rings is 4. The summed E-state index contributed by atoms with van der Waals surface area (Å²) in [4.78, 5) is 2.68. The quantitative estimate of drug-likeness (QED) is 0.196. The molecule has 6 nitrogen and oxygen atoms in total. The van der Waals surface area contributed by atoms with Crippen molar-refractivity contribution in [2.75, 3.05) is 6.61 Å². The summed E-state index contributed by atoms with van der Waals surface area (Å²) in [7, 11) is -3.75. The van der Waals surface area contributed by atoms with Crippen LogP contribution in [0.25, 0.3) is 0 Å². The molecule has 3 fully saturated rings. The second-order valence-corrected chi connectivity index (χ2v) is 16.1. The van der Waals surface area contributed by atoms with Crippen LogP contribution < -0.4 is 9.47 Å². The molecule has 4 aliphatic rings. The number of piperidine rings is 1. The molecule has 256 valence electrons. The van der Waals surface area contributed by atoms with Crippen LogP contribution in [0.2, 0.25) is 0 Å². The number of alkyl halides is 3. The molecule has 10 heteroatoms. The van der Waals surface area contributed by atoms with E-state index < -0.39 is 32.6 Å². The molecule has 4 aromatic carbocycles. The predicted octanol–water partition coefficient (Wildman–Crippen LogP) is 7.96. The van der Waals surface area contributed by atoms with Gasteiger partial charge in [-0.2, -0.15) is 0 Å². The van der Waals surface area contributed by atoms with Crippen molar-refractivity contribution in [2.24, 2.45) is 0 Å². The fraction of sp³-hybridized carbons (Fsp3) is 0.385. The molecule has 0 aliphatic carbocycles. The van der Waals surface area contributed by atoms with Crippen LogP contribution >= 0.6 is 0 Å². The van der Waals surface area contributed by atoms with Crippen molar-refractivity contribution in [2.45, 2.75) is 91.3 Å². The van der Waals surface area contributed by atoms with Gasteiger partial charge < -0.3 is 14.2 Å². The largest absolute Gasteiger partial charge is 0.573 e. The molecule has 0 radical (unpaired) electrons. The van der Waals surface area contributed by atoms with Gasteiger partial charge in [0.25, 0.3) is 0 Å². The number of hydrogen-bond acceptors (Lipinski definition) is 6. The van der Waals surface area contributed by atoms with Crippen molar-refractivity contribution >= 4 is 9.84 Å². The van der Waals surface area contributed by atoms with E-state index in [0.29, 0.717) is 60.4 Å². The Bertz CT molecular complexity index is 1940. The molecule has 2 bridgehead atoms. The number of fused-ring (bicyclic) bond motifs is 4. The lowest BCUT2D eigenvalue weighted by Gasteiger charge is -2.56. The number of sulfone groups is 1. The molecule has 0 saturated carbocycles. The van der Waals surface area contributed by atoms with Crippen molar-refractivity contribution in [3.05, 3.63) is 125 Å². The van der Waals surface area contributed by atoms with Crippen molar-refractivity contribution in [1.82, 2.24) is 4.90 Å². The zero-order valence-electron chi connectivity index (χ0n) is 27.1. The van der Waals surface area contributed by atoms with Crippen LogP contribution in [-0.2, 0) is 33.1 Å². The normalized spacial score (nSPS) is 29.6. The van der Waals surface area contributed by atoms with Crippen LogP contribution in [0.1, 0.15) is 60.8 Å². The highest BCUT2D eigenvalue weighted by atomic mass is 32.2. The molecular formula is C39H38F3NO5S. The molecule has 1 spiro atoms. The molecule has 2 unspecified atom stereocenters. The van der Waals surface area contributed by atoms with Crippen LogP contribution in [0, 0.1) is 0 Å². The SMILES string of the molecule is CC1Cc2cc(OC(F)(F)F)cc([C@H]3CO[C@]4(CC[C@@H]5C(S(=O)(=O)c6ccccc6)C[C@]4(c4ccccc4)N5Cc4ccccc4)C3)c2O1. The number of halogens is 3. The third-order valence-corrected chi connectivity index (χ3v) is 13.3. The first kappa shape index (κ1) is 32.4. The van der Waals surface area contributed by atoms with Gasteiger partial charge in [0.1, 0.15) is 17.6 Å². The van der Waals surface area contributed by atoms with Gasteiger partial charge in [-0.1, -0.05) is 78.9 Å². The fourth-order valence-corrected chi connectivity index (χ4v) is 11.3. The topological polar surface area (TPSA) is 65.1 Å². The summed E-state index contributed by atoms with van der Waals surface area (Å²) in [5.74, 6) is 0.0468. The van der Waals surface area contributed by atoms with Crippen molar-refractivity contribution in [3.8, 4) is 11.5 Å². The molecule has 8 rings (SSSR count). The second kappa shape index (κ2) is 11.9. The maximum Gasteiger partial charge on any atom is 0.573 e. The minimum Gasteiger partial charge on any atom is -0.490 e. The van der Waals surface area contributed by atoms with Gasteiger partial charge in [-0.05, 0) is 68.0 Å². The van der Waals surface area contributed by atoms with Gasteiger partial charge in [0, 0.05) is 36.1 Å². The lowest BCUT2D eigenvalue weighted by Crippen LogP contribution is -2.63. The molecule has 3 saturated heterocycles. The van der Waals surface area contributed by atoms with E-state index in [0.717, 1.165) is 11.1 Å². The molecule has 0 amide bonds. The number of hydrogen-bond donors (Lipinski definition) is 0. The van der Waals surface area contributed by atoms with Gasteiger partial charge in [-0.3, -0.25) is 4.90 Å². The molecule has 6 atom stereocenters. The number of rotatable bonds is 7. The van der Waals surface area contributed by atoms with Crippen molar-refractivity contribution < 1.29 is 35.8 Å². The van der Waals surface area contributed by atoms with Crippen LogP contribution in [0.4, 0.5) is 13.2 Å². The van der Waals surface area contributed by atoms with E-state index in [1.54, 1.807) is 24.3 Å². The smallest absolute Gasteiger partial charge is 0.490 e. The Kier molecular flexibility index (Phi) is 7.85. The van der Waals surface area contributed by atoms with E-state index in [9.17, 15) is 21.6 Å². The van der Waals surface area contributed by atoms with Crippen LogP contribution in [0.5, 0.6) is 11.5 Å². The lowest BCUT2D eigenvalue weighted by atomic mass is 9.66. The standard InChI is InChI=1S/C39H38F3NO5S/c1-26-19-28-20-31(48-39(40,41)42)21-33(36(28)47-26)29-22-37(46-25-29)18-17-34-35(49(44,45)32-15-9-4-10-16-32)23-38(37,30-13-7-3-8-14-30)43(34)24-27-11-5-2-6-12-27/h2-16,20-21,26,29,34-35H,17-19,22-25H2,1H3/t26?,29-,34-,35?,37-,38-/m1/s1. The van der Waals surface area contributed by atoms with E-state index in [-0.39, 0.29) is 30.4 Å². The first-order chi connectivity index (χ1) is 23.5. The average Bonchev–Trinajstić information content (AvgIpc) is 3.75. The third-order valence-electron chi connectivity index (χ3n) is 11.1. The predicted molar refractivity (Wildman–Crippen MR) is 178 cm³/mol. The van der Waals surface area contributed by atoms with Gasteiger partial charge in [0.05, 0.1) is 27.9 Å². The van der Waals surface area contributed by atoms with Crippen molar-refractivity contribution in [1.29, 1.82) is 0 Å². The fourth-order valence-electron chi connectivity index (χ4n) is 9.26. The van der Waals surface area contributed by atoms with E-state index >= 15 is 0 Å².